The van der Waals surface area contributed by atoms with Crippen LogP contribution < -0.4 is 9.80 Å². The van der Waals surface area contributed by atoms with Gasteiger partial charge in [-0.2, -0.15) is 0 Å². The summed E-state index contributed by atoms with van der Waals surface area (Å²) in [5.74, 6) is 1.89. The van der Waals surface area contributed by atoms with Gasteiger partial charge in [-0.05, 0) is 37.4 Å². The summed E-state index contributed by atoms with van der Waals surface area (Å²) in [5, 5.41) is 3.12. The number of fused-ring (bicyclic) bond motifs is 1. The Labute approximate surface area is 185 Å². The van der Waals surface area contributed by atoms with Gasteiger partial charge in [0, 0.05) is 45.5 Å². The van der Waals surface area contributed by atoms with Crippen LogP contribution in [-0.4, -0.2) is 77.2 Å². The number of rotatable bonds is 3. The minimum Gasteiger partial charge on any atom is -0.372 e. The maximum Gasteiger partial charge on any atom is 0.255 e. The maximum absolute atomic E-state index is 13.0. The van der Waals surface area contributed by atoms with Crippen LogP contribution in [0.15, 0.2) is 36.1 Å². The van der Waals surface area contributed by atoms with Gasteiger partial charge >= 0.3 is 0 Å². The van der Waals surface area contributed by atoms with E-state index in [0.717, 1.165) is 48.0 Å². The minimum absolute atomic E-state index is 0.0331. The number of nitrogens with zero attached hydrogens (tertiary/aromatic N) is 6. The van der Waals surface area contributed by atoms with E-state index in [4.69, 9.17) is 4.74 Å². The Hall–Kier alpha value is -2.78. The predicted octanol–water partition coefficient (Wildman–Crippen LogP) is 2.66. The largest absolute Gasteiger partial charge is 0.372 e. The Morgan fingerprint density at radius 1 is 1.00 bits per heavy atom. The van der Waals surface area contributed by atoms with Crippen LogP contribution in [-0.2, 0) is 4.74 Å². The van der Waals surface area contributed by atoms with Crippen molar-refractivity contribution in [2.24, 2.45) is 0 Å². The molecule has 162 valence electrons. The summed E-state index contributed by atoms with van der Waals surface area (Å²) in [7, 11) is 0. The first-order valence-electron chi connectivity index (χ1n) is 10.7. The highest BCUT2D eigenvalue weighted by Gasteiger charge is 2.26. The van der Waals surface area contributed by atoms with Gasteiger partial charge in [0.1, 0.15) is 22.8 Å². The van der Waals surface area contributed by atoms with E-state index in [9.17, 15) is 4.79 Å². The second kappa shape index (κ2) is 8.39. The molecular formula is C22H26N6O2S. The Balaban J connectivity index is 1.23. The number of piperazine rings is 1. The van der Waals surface area contributed by atoms with E-state index in [0.29, 0.717) is 18.7 Å². The van der Waals surface area contributed by atoms with E-state index in [1.807, 2.05) is 22.4 Å². The van der Waals surface area contributed by atoms with Crippen LogP contribution in [0.4, 0.5) is 11.6 Å². The summed E-state index contributed by atoms with van der Waals surface area (Å²) in [6.07, 6.45) is 3.67. The Bertz CT molecular complexity index is 1050. The number of anilines is 2. The predicted molar refractivity (Wildman–Crippen MR) is 122 cm³/mol. The molecule has 9 heteroatoms. The highest BCUT2D eigenvalue weighted by atomic mass is 32.1. The van der Waals surface area contributed by atoms with Crippen molar-refractivity contribution >= 4 is 39.1 Å². The number of hydrogen-bond acceptors (Lipinski definition) is 8. The molecule has 2 fully saturated rings. The van der Waals surface area contributed by atoms with Crippen molar-refractivity contribution in [2.75, 3.05) is 49.1 Å². The molecule has 31 heavy (non-hydrogen) atoms. The van der Waals surface area contributed by atoms with E-state index in [-0.39, 0.29) is 18.1 Å². The molecular weight excluding hydrogens is 412 g/mol. The fraction of sp³-hybridized carbons (Fsp3) is 0.455. The zero-order valence-electron chi connectivity index (χ0n) is 17.8. The first-order chi connectivity index (χ1) is 15.1. The van der Waals surface area contributed by atoms with Gasteiger partial charge in [-0.15, -0.1) is 11.3 Å². The molecule has 0 radical (unpaired) electrons. The van der Waals surface area contributed by atoms with Gasteiger partial charge in [-0.3, -0.25) is 4.79 Å². The Kier molecular flexibility index (Phi) is 5.45. The number of hydrogen-bond donors (Lipinski definition) is 0. The lowest BCUT2D eigenvalue weighted by atomic mass is 10.2. The van der Waals surface area contributed by atoms with Gasteiger partial charge in [-0.25, -0.2) is 15.0 Å². The Morgan fingerprint density at radius 2 is 1.77 bits per heavy atom. The van der Waals surface area contributed by atoms with E-state index in [2.05, 4.69) is 44.7 Å². The van der Waals surface area contributed by atoms with E-state index in [1.54, 1.807) is 23.9 Å². The molecule has 0 aromatic carbocycles. The molecule has 3 aromatic heterocycles. The standard InChI is InChI=1S/C22H26N6O2S/c1-15-12-28(13-16(2)30-15)19-4-3-17(11-23-19)22(29)27-8-6-26(7-9-27)20-18-5-10-31-21(18)25-14-24-20/h3-5,10-11,14-16H,6-9,12-13H2,1-2H3. The first kappa shape index (κ1) is 20.1. The average molecular weight is 439 g/mol. The molecule has 2 aliphatic rings. The topological polar surface area (TPSA) is 74.7 Å². The van der Waals surface area contributed by atoms with Crippen LogP contribution in [0.5, 0.6) is 0 Å². The van der Waals surface area contributed by atoms with Crippen LogP contribution in [0.25, 0.3) is 10.2 Å². The van der Waals surface area contributed by atoms with E-state index in [1.165, 1.54) is 0 Å². The summed E-state index contributed by atoms with van der Waals surface area (Å²) in [5.41, 5.74) is 0.633. The van der Waals surface area contributed by atoms with Crippen LogP contribution in [0.2, 0.25) is 0 Å². The molecule has 0 bridgehead atoms. The molecule has 8 nitrogen and oxygen atoms in total. The lowest BCUT2D eigenvalue weighted by Gasteiger charge is -2.36. The van der Waals surface area contributed by atoms with Crippen molar-refractivity contribution < 1.29 is 9.53 Å². The van der Waals surface area contributed by atoms with Gasteiger partial charge in [0.25, 0.3) is 5.91 Å². The van der Waals surface area contributed by atoms with Crippen molar-refractivity contribution in [2.45, 2.75) is 26.1 Å². The van der Waals surface area contributed by atoms with Crippen molar-refractivity contribution in [3.63, 3.8) is 0 Å². The van der Waals surface area contributed by atoms with Crippen molar-refractivity contribution in [3.05, 3.63) is 41.7 Å². The second-order valence-corrected chi connectivity index (χ2v) is 9.08. The Morgan fingerprint density at radius 3 is 2.48 bits per heavy atom. The molecule has 2 aliphatic heterocycles. The quantitative estimate of drug-likeness (QED) is 0.622. The third kappa shape index (κ3) is 4.07. The number of ether oxygens (including phenoxy) is 1. The van der Waals surface area contributed by atoms with Crippen LogP contribution in [0, 0.1) is 0 Å². The zero-order valence-corrected chi connectivity index (χ0v) is 18.6. The highest BCUT2D eigenvalue weighted by Crippen LogP contribution is 2.27. The normalized spacial score (nSPS) is 22.2. The number of morpholine rings is 1. The summed E-state index contributed by atoms with van der Waals surface area (Å²) in [6.45, 7) is 8.60. The molecule has 0 saturated carbocycles. The second-order valence-electron chi connectivity index (χ2n) is 8.18. The molecule has 3 aromatic rings. The zero-order chi connectivity index (χ0) is 21.4. The van der Waals surface area contributed by atoms with E-state index < -0.39 is 0 Å². The molecule has 5 rings (SSSR count). The SMILES string of the molecule is CC1CN(c2ccc(C(=O)N3CCN(c4ncnc5sccc45)CC3)cn2)CC(C)O1. The molecule has 1 amide bonds. The van der Waals surface area contributed by atoms with Gasteiger partial charge in [0.15, 0.2) is 0 Å². The number of aromatic nitrogens is 3. The van der Waals surface area contributed by atoms with Crippen LogP contribution in [0.1, 0.15) is 24.2 Å². The van der Waals surface area contributed by atoms with Crippen LogP contribution in [0.3, 0.4) is 0 Å². The number of thiophene rings is 1. The van der Waals surface area contributed by atoms with E-state index >= 15 is 0 Å². The van der Waals surface area contributed by atoms with Crippen molar-refractivity contribution in [1.29, 1.82) is 0 Å². The number of carbonyl (C=O) groups is 1. The number of carbonyl (C=O) groups excluding carboxylic acids is 1. The molecule has 0 aliphatic carbocycles. The molecule has 0 N–H and O–H groups in total. The van der Waals surface area contributed by atoms with Gasteiger partial charge in [0.2, 0.25) is 0 Å². The highest BCUT2D eigenvalue weighted by molar-refractivity contribution is 7.16. The lowest BCUT2D eigenvalue weighted by Crippen LogP contribution is -2.49. The molecule has 2 saturated heterocycles. The number of amides is 1. The molecule has 0 spiro atoms. The number of pyridine rings is 1. The van der Waals surface area contributed by atoms with Crippen molar-refractivity contribution in [3.8, 4) is 0 Å². The smallest absolute Gasteiger partial charge is 0.255 e. The third-order valence-electron chi connectivity index (χ3n) is 5.85. The van der Waals surface area contributed by atoms with Crippen molar-refractivity contribution in [1.82, 2.24) is 19.9 Å². The minimum atomic E-state index is 0.0331. The average Bonchev–Trinajstić information content (AvgIpc) is 3.27. The fourth-order valence-electron chi connectivity index (χ4n) is 4.40. The molecule has 2 atom stereocenters. The first-order valence-corrected chi connectivity index (χ1v) is 11.6. The summed E-state index contributed by atoms with van der Waals surface area (Å²) in [4.78, 5) is 33.8. The van der Waals surface area contributed by atoms with Gasteiger partial charge < -0.3 is 19.4 Å². The van der Waals surface area contributed by atoms with Gasteiger partial charge in [0.05, 0.1) is 23.2 Å². The maximum atomic E-state index is 13.0. The lowest BCUT2D eigenvalue weighted by molar-refractivity contribution is -0.00546. The monoisotopic (exact) mass is 438 g/mol. The van der Waals surface area contributed by atoms with Gasteiger partial charge in [-0.1, -0.05) is 0 Å². The fourth-order valence-corrected chi connectivity index (χ4v) is 5.12. The third-order valence-corrected chi connectivity index (χ3v) is 6.67. The summed E-state index contributed by atoms with van der Waals surface area (Å²) >= 11 is 1.62. The summed E-state index contributed by atoms with van der Waals surface area (Å²) < 4.78 is 5.80. The summed E-state index contributed by atoms with van der Waals surface area (Å²) in [6, 6.07) is 5.90. The molecule has 5 heterocycles. The van der Waals surface area contributed by atoms with Crippen LogP contribution >= 0.6 is 11.3 Å². The molecule has 2 unspecified atom stereocenters.